The zero-order chi connectivity index (χ0) is 13.0. The Hall–Kier alpha value is -1.00. The van der Waals surface area contributed by atoms with Crippen molar-refractivity contribution in [1.82, 2.24) is 5.32 Å². The van der Waals surface area contributed by atoms with Crippen molar-refractivity contribution in [2.75, 3.05) is 19.3 Å². The summed E-state index contributed by atoms with van der Waals surface area (Å²) in [6, 6.07) is 6.44. The Morgan fingerprint density at radius 3 is 3.11 bits per heavy atom. The molecule has 1 aliphatic rings. The molecule has 1 aliphatic heterocycles. The Labute approximate surface area is 112 Å². The highest BCUT2D eigenvalue weighted by Crippen LogP contribution is 2.32. The summed E-state index contributed by atoms with van der Waals surface area (Å²) in [4.78, 5) is 12.3. The third kappa shape index (κ3) is 3.27. The first-order valence-electron chi connectivity index (χ1n) is 6.32. The molecule has 0 bridgehead atoms. The Bertz CT molecular complexity index is 434. The lowest BCUT2D eigenvalue weighted by atomic mass is 9.93. The molecule has 1 heterocycles. The number of thioether (sulfide) groups is 1. The SMILES string of the molecule is CNCC(CC(=O)O)c1ccc2c(c1)CCCS2. The molecule has 0 amide bonds. The molecule has 1 aromatic carbocycles. The van der Waals surface area contributed by atoms with Gasteiger partial charge in [0.1, 0.15) is 0 Å². The second-order valence-corrected chi connectivity index (χ2v) is 5.81. The van der Waals surface area contributed by atoms with Gasteiger partial charge in [0.05, 0.1) is 6.42 Å². The normalized spacial score (nSPS) is 16.1. The predicted molar refractivity (Wildman–Crippen MR) is 74.4 cm³/mol. The molecule has 2 rings (SSSR count). The highest BCUT2D eigenvalue weighted by molar-refractivity contribution is 7.99. The molecule has 0 aromatic heterocycles. The summed E-state index contributed by atoms with van der Waals surface area (Å²) in [5.74, 6) is 0.522. The van der Waals surface area contributed by atoms with Gasteiger partial charge in [0.2, 0.25) is 0 Å². The van der Waals surface area contributed by atoms with Gasteiger partial charge in [-0.1, -0.05) is 12.1 Å². The van der Waals surface area contributed by atoms with Gasteiger partial charge >= 0.3 is 5.97 Å². The van der Waals surface area contributed by atoms with Crippen LogP contribution in [-0.2, 0) is 11.2 Å². The third-order valence-electron chi connectivity index (χ3n) is 3.28. The number of rotatable bonds is 5. The van der Waals surface area contributed by atoms with E-state index in [-0.39, 0.29) is 12.3 Å². The average molecular weight is 265 g/mol. The quantitative estimate of drug-likeness (QED) is 0.859. The van der Waals surface area contributed by atoms with E-state index in [0.717, 1.165) is 12.0 Å². The van der Waals surface area contributed by atoms with E-state index in [1.54, 1.807) is 0 Å². The van der Waals surface area contributed by atoms with Crippen molar-refractivity contribution in [3.8, 4) is 0 Å². The maximum Gasteiger partial charge on any atom is 0.304 e. The van der Waals surface area contributed by atoms with Crippen molar-refractivity contribution in [2.45, 2.75) is 30.1 Å². The van der Waals surface area contributed by atoms with Crippen LogP contribution in [0.4, 0.5) is 0 Å². The minimum Gasteiger partial charge on any atom is -0.481 e. The van der Waals surface area contributed by atoms with E-state index in [1.165, 1.54) is 22.6 Å². The van der Waals surface area contributed by atoms with E-state index in [1.807, 2.05) is 18.8 Å². The minimum atomic E-state index is -0.734. The van der Waals surface area contributed by atoms with Crippen molar-refractivity contribution in [2.24, 2.45) is 0 Å². The maximum atomic E-state index is 10.9. The Balaban J connectivity index is 2.21. The van der Waals surface area contributed by atoms with Gasteiger partial charge in [0, 0.05) is 17.4 Å². The van der Waals surface area contributed by atoms with Crippen molar-refractivity contribution in [3.63, 3.8) is 0 Å². The zero-order valence-corrected chi connectivity index (χ0v) is 11.4. The Kier molecular flexibility index (Phi) is 4.66. The first-order valence-corrected chi connectivity index (χ1v) is 7.31. The van der Waals surface area contributed by atoms with E-state index in [9.17, 15) is 4.79 Å². The van der Waals surface area contributed by atoms with Crippen LogP contribution in [0.15, 0.2) is 23.1 Å². The Morgan fingerprint density at radius 2 is 2.39 bits per heavy atom. The van der Waals surface area contributed by atoms with Crippen molar-refractivity contribution in [3.05, 3.63) is 29.3 Å². The van der Waals surface area contributed by atoms with Crippen molar-refractivity contribution >= 4 is 17.7 Å². The van der Waals surface area contributed by atoms with E-state index in [4.69, 9.17) is 5.11 Å². The van der Waals surface area contributed by atoms with E-state index in [2.05, 4.69) is 23.5 Å². The second-order valence-electron chi connectivity index (χ2n) is 4.67. The number of carboxylic acids is 1. The van der Waals surface area contributed by atoms with Crippen LogP contribution in [0.2, 0.25) is 0 Å². The van der Waals surface area contributed by atoms with Crippen LogP contribution in [0, 0.1) is 0 Å². The van der Waals surface area contributed by atoms with Crippen LogP contribution in [-0.4, -0.2) is 30.4 Å². The molecular weight excluding hydrogens is 246 g/mol. The lowest BCUT2D eigenvalue weighted by Gasteiger charge is -2.20. The molecular formula is C14H19NO2S. The molecule has 98 valence electrons. The molecule has 2 N–H and O–H groups in total. The van der Waals surface area contributed by atoms with Crippen LogP contribution in [0.1, 0.15) is 29.9 Å². The fourth-order valence-electron chi connectivity index (χ4n) is 2.40. The number of nitrogens with one attached hydrogen (secondary N) is 1. The van der Waals surface area contributed by atoms with Gasteiger partial charge in [0.25, 0.3) is 0 Å². The molecule has 1 unspecified atom stereocenters. The second kappa shape index (κ2) is 6.25. The number of carbonyl (C=O) groups is 1. The smallest absolute Gasteiger partial charge is 0.304 e. The lowest BCUT2D eigenvalue weighted by molar-refractivity contribution is -0.137. The number of likely N-dealkylation sites (N-methyl/N-ethyl adjacent to an activating group) is 1. The van der Waals surface area contributed by atoms with Crippen LogP contribution in [0.3, 0.4) is 0 Å². The van der Waals surface area contributed by atoms with Gasteiger partial charge in [-0.3, -0.25) is 4.79 Å². The topological polar surface area (TPSA) is 49.3 Å². The molecule has 18 heavy (non-hydrogen) atoms. The summed E-state index contributed by atoms with van der Waals surface area (Å²) in [6.45, 7) is 0.707. The van der Waals surface area contributed by atoms with Crippen LogP contribution < -0.4 is 5.32 Å². The fourth-order valence-corrected chi connectivity index (χ4v) is 3.42. The van der Waals surface area contributed by atoms with Gasteiger partial charge in [0.15, 0.2) is 0 Å². The molecule has 0 spiro atoms. The van der Waals surface area contributed by atoms with Gasteiger partial charge < -0.3 is 10.4 Å². The number of hydrogen-bond acceptors (Lipinski definition) is 3. The Morgan fingerprint density at radius 1 is 1.56 bits per heavy atom. The number of hydrogen-bond donors (Lipinski definition) is 2. The zero-order valence-electron chi connectivity index (χ0n) is 10.6. The minimum absolute atomic E-state index is 0.0599. The van der Waals surface area contributed by atoms with Gasteiger partial charge in [-0.25, -0.2) is 0 Å². The first kappa shape index (κ1) is 13.4. The van der Waals surface area contributed by atoms with E-state index >= 15 is 0 Å². The van der Waals surface area contributed by atoms with Crippen molar-refractivity contribution < 1.29 is 9.90 Å². The summed E-state index contributed by atoms with van der Waals surface area (Å²) >= 11 is 1.90. The molecule has 1 atom stereocenters. The molecule has 0 saturated heterocycles. The van der Waals surface area contributed by atoms with Gasteiger partial charge in [-0.05, 0) is 42.8 Å². The number of carboxylic acid groups (broad SMARTS) is 1. The molecule has 0 fully saturated rings. The number of aliphatic carboxylic acids is 1. The highest BCUT2D eigenvalue weighted by Gasteiger charge is 2.17. The monoisotopic (exact) mass is 265 g/mol. The van der Waals surface area contributed by atoms with Crippen LogP contribution in [0.25, 0.3) is 0 Å². The first-order chi connectivity index (χ1) is 8.70. The summed E-state index contributed by atoms with van der Waals surface area (Å²) in [5.41, 5.74) is 2.53. The molecule has 3 nitrogen and oxygen atoms in total. The fraction of sp³-hybridized carbons (Fsp3) is 0.500. The van der Waals surface area contributed by atoms with E-state index in [0.29, 0.717) is 6.54 Å². The highest BCUT2D eigenvalue weighted by atomic mass is 32.2. The molecule has 0 saturated carbocycles. The van der Waals surface area contributed by atoms with E-state index < -0.39 is 5.97 Å². The molecule has 1 aromatic rings. The van der Waals surface area contributed by atoms with Gasteiger partial charge in [-0.15, -0.1) is 11.8 Å². The predicted octanol–water partition coefficient (Wildman–Crippen LogP) is 2.50. The maximum absolute atomic E-state index is 10.9. The summed E-state index contributed by atoms with van der Waals surface area (Å²) in [6.07, 6.45) is 2.53. The molecule has 0 radical (unpaired) electrons. The number of aryl methyl sites for hydroxylation is 1. The lowest BCUT2D eigenvalue weighted by Crippen LogP contribution is -2.20. The summed E-state index contributed by atoms with van der Waals surface area (Å²) in [5, 5.41) is 12.1. The van der Waals surface area contributed by atoms with Crippen LogP contribution in [0.5, 0.6) is 0 Å². The standard InChI is InChI=1S/C14H19NO2S/c1-15-9-12(8-14(16)17)10-4-5-13-11(7-10)3-2-6-18-13/h4-5,7,12,15H,2-3,6,8-9H2,1H3,(H,16,17). The number of fused-ring (bicyclic) bond motifs is 1. The molecule has 4 heteroatoms. The third-order valence-corrected chi connectivity index (χ3v) is 4.48. The summed E-state index contributed by atoms with van der Waals surface area (Å²) < 4.78 is 0. The molecule has 0 aliphatic carbocycles. The van der Waals surface area contributed by atoms with Gasteiger partial charge in [-0.2, -0.15) is 0 Å². The largest absolute Gasteiger partial charge is 0.481 e. The summed E-state index contributed by atoms with van der Waals surface area (Å²) in [7, 11) is 1.86. The average Bonchev–Trinajstić information content (AvgIpc) is 2.37. The number of benzene rings is 1. The van der Waals surface area contributed by atoms with Crippen molar-refractivity contribution in [1.29, 1.82) is 0 Å². The van der Waals surface area contributed by atoms with Crippen LogP contribution >= 0.6 is 11.8 Å².